The van der Waals surface area contributed by atoms with Gasteiger partial charge in [0.1, 0.15) is 12.6 Å². The molecule has 11 nitrogen and oxygen atoms in total. The molecule has 4 aliphatic rings. The molecule has 2 fully saturated rings. The summed E-state index contributed by atoms with van der Waals surface area (Å²) in [5.41, 5.74) is 1.59. The van der Waals surface area contributed by atoms with Gasteiger partial charge in [-0.15, -0.1) is 0 Å². The fraction of sp³-hybridized carbons (Fsp3) is 0.400. The van der Waals surface area contributed by atoms with Gasteiger partial charge in [-0.2, -0.15) is 0 Å². The Morgan fingerprint density at radius 2 is 1.61 bits per heavy atom. The van der Waals surface area contributed by atoms with Crippen LogP contribution in [-0.4, -0.2) is 66.4 Å². The molecule has 188 valence electrons. The summed E-state index contributed by atoms with van der Waals surface area (Å²) >= 11 is 0. The third kappa shape index (κ3) is 4.15. The average molecular weight is 495 g/mol. The Labute approximate surface area is 207 Å². The van der Waals surface area contributed by atoms with Crippen LogP contribution in [0.3, 0.4) is 0 Å². The molecule has 2 atom stereocenters. The number of imide groups is 1. The van der Waals surface area contributed by atoms with Crippen LogP contribution in [0.5, 0.6) is 23.0 Å². The zero-order chi connectivity index (χ0) is 24.6. The SMILES string of the molecule is O=C(CN1C(=O)N(Cc2ccc3c(c2)OCO3)C(=O)C2NCCCC21)NCc1ccc2c(c1)OCO2. The maximum Gasteiger partial charge on any atom is 0.327 e. The number of hydrogen-bond donors (Lipinski definition) is 2. The zero-order valence-electron chi connectivity index (χ0n) is 19.5. The van der Waals surface area contributed by atoms with Gasteiger partial charge in [0.25, 0.3) is 0 Å². The summed E-state index contributed by atoms with van der Waals surface area (Å²) in [7, 11) is 0. The molecule has 0 spiro atoms. The topological polar surface area (TPSA) is 119 Å². The van der Waals surface area contributed by atoms with Gasteiger partial charge in [-0.3, -0.25) is 14.5 Å². The first-order chi connectivity index (χ1) is 17.6. The smallest absolute Gasteiger partial charge is 0.327 e. The van der Waals surface area contributed by atoms with Crippen molar-refractivity contribution in [1.29, 1.82) is 0 Å². The molecular weight excluding hydrogens is 468 g/mol. The van der Waals surface area contributed by atoms with Crippen molar-refractivity contribution < 1.29 is 33.3 Å². The van der Waals surface area contributed by atoms with Crippen LogP contribution >= 0.6 is 0 Å². The number of hydrogen-bond acceptors (Lipinski definition) is 8. The number of piperidine rings is 1. The zero-order valence-corrected chi connectivity index (χ0v) is 19.5. The molecule has 2 unspecified atom stereocenters. The van der Waals surface area contributed by atoms with Crippen LogP contribution in [0.25, 0.3) is 0 Å². The van der Waals surface area contributed by atoms with Crippen LogP contribution in [-0.2, 0) is 22.7 Å². The number of nitrogens with one attached hydrogen (secondary N) is 2. The van der Waals surface area contributed by atoms with Crippen LogP contribution in [0.2, 0.25) is 0 Å². The average Bonchev–Trinajstić information content (AvgIpc) is 3.56. The molecule has 2 aromatic carbocycles. The summed E-state index contributed by atoms with van der Waals surface area (Å²) in [5.74, 6) is 1.94. The van der Waals surface area contributed by atoms with Gasteiger partial charge in [-0.05, 0) is 54.8 Å². The van der Waals surface area contributed by atoms with Gasteiger partial charge in [0.2, 0.25) is 25.4 Å². The van der Waals surface area contributed by atoms with Crippen molar-refractivity contribution in [3.05, 3.63) is 47.5 Å². The Morgan fingerprint density at radius 3 is 2.36 bits per heavy atom. The molecule has 2 saturated heterocycles. The molecule has 0 saturated carbocycles. The van der Waals surface area contributed by atoms with Gasteiger partial charge >= 0.3 is 6.03 Å². The molecule has 11 heteroatoms. The van der Waals surface area contributed by atoms with E-state index in [0.29, 0.717) is 36.0 Å². The van der Waals surface area contributed by atoms with Crippen molar-refractivity contribution in [2.24, 2.45) is 0 Å². The first-order valence-corrected chi connectivity index (χ1v) is 12.0. The third-order valence-corrected chi connectivity index (χ3v) is 6.85. The molecule has 0 bridgehead atoms. The number of carbonyl (C=O) groups excluding carboxylic acids is 3. The molecule has 2 aromatic rings. The standard InChI is InChI=1S/C25H26N4O7/c30-22(27-10-15-3-5-18-20(8-15)35-13-33-18)12-28-17-2-1-7-26-23(17)24(31)29(25(28)32)11-16-4-6-19-21(9-16)36-14-34-19/h3-6,8-9,17,23,26H,1-2,7,10-14H2,(H,27,30). The first kappa shape index (κ1) is 22.5. The number of rotatable bonds is 6. The Balaban J connectivity index is 1.16. The largest absolute Gasteiger partial charge is 0.454 e. The van der Waals surface area contributed by atoms with Gasteiger partial charge < -0.3 is 34.5 Å². The van der Waals surface area contributed by atoms with E-state index in [4.69, 9.17) is 18.9 Å². The van der Waals surface area contributed by atoms with Crippen molar-refractivity contribution in [2.45, 2.75) is 38.0 Å². The predicted octanol–water partition coefficient (Wildman–Crippen LogP) is 1.35. The summed E-state index contributed by atoms with van der Waals surface area (Å²) in [6, 6.07) is 9.42. The Bertz CT molecular complexity index is 1220. The minimum absolute atomic E-state index is 0.0779. The van der Waals surface area contributed by atoms with E-state index in [2.05, 4.69) is 10.6 Å². The lowest BCUT2D eigenvalue weighted by molar-refractivity contribution is -0.139. The lowest BCUT2D eigenvalue weighted by atomic mass is 9.93. The van der Waals surface area contributed by atoms with Crippen molar-refractivity contribution in [2.75, 3.05) is 26.7 Å². The highest BCUT2D eigenvalue weighted by atomic mass is 16.7. The molecule has 4 aliphatic heterocycles. The normalized spacial score (nSPS) is 22.0. The first-order valence-electron chi connectivity index (χ1n) is 12.0. The summed E-state index contributed by atoms with van der Waals surface area (Å²) in [6.45, 7) is 1.22. The fourth-order valence-corrected chi connectivity index (χ4v) is 5.03. The number of ether oxygens (including phenoxy) is 4. The number of nitrogens with zero attached hydrogens (tertiary/aromatic N) is 2. The monoisotopic (exact) mass is 494 g/mol. The Morgan fingerprint density at radius 1 is 0.944 bits per heavy atom. The second-order valence-corrected chi connectivity index (χ2v) is 9.13. The molecule has 0 radical (unpaired) electrons. The summed E-state index contributed by atoms with van der Waals surface area (Å²) in [6.07, 6.45) is 1.47. The van der Waals surface area contributed by atoms with Gasteiger partial charge in [0.05, 0.1) is 12.6 Å². The third-order valence-electron chi connectivity index (χ3n) is 6.85. The van der Waals surface area contributed by atoms with Gasteiger partial charge in [0.15, 0.2) is 23.0 Å². The fourth-order valence-electron chi connectivity index (χ4n) is 5.03. The van der Waals surface area contributed by atoms with E-state index >= 15 is 0 Å². The number of amides is 4. The minimum atomic E-state index is -0.549. The Kier molecular flexibility index (Phi) is 5.76. The molecule has 4 heterocycles. The molecule has 0 aliphatic carbocycles. The molecule has 0 aromatic heterocycles. The maximum absolute atomic E-state index is 13.5. The van der Waals surface area contributed by atoms with E-state index in [1.54, 1.807) is 24.3 Å². The van der Waals surface area contributed by atoms with E-state index in [0.717, 1.165) is 17.5 Å². The van der Waals surface area contributed by atoms with Crippen LogP contribution in [0.15, 0.2) is 36.4 Å². The summed E-state index contributed by atoms with van der Waals surface area (Å²) in [4.78, 5) is 42.4. The lowest BCUT2D eigenvalue weighted by Gasteiger charge is -2.46. The highest BCUT2D eigenvalue weighted by Gasteiger charge is 2.47. The van der Waals surface area contributed by atoms with Crippen LogP contribution in [0.1, 0.15) is 24.0 Å². The molecule has 4 amide bonds. The summed E-state index contributed by atoms with van der Waals surface area (Å²) < 4.78 is 21.5. The van der Waals surface area contributed by atoms with Crippen molar-refractivity contribution in [1.82, 2.24) is 20.4 Å². The Hall–Kier alpha value is -3.99. The van der Waals surface area contributed by atoms with Crippen molar-refractivity contribution in [3.63, 3.8) is 0 Å². The van der Waals surface area contributed by atoms with E-state index in [-0.39, 0.29) is 51.1 Å². The minimum Gasteiger partial charge on any atom is -0.454 e. The number of urea groups is 1. The van der Waals surface area contributed by atoms with Crippen molar-refractivity contribution >= 4 is 17.8 Å². The van der Waals surface area contributed by atoms with Crippen LogP contribution < -0.4 is 29.6 Å². The lowest BCUT2D eigenvalue weighted by Crippen LogP contribution is -2.70. The molecule has 36 heavy (non-hydrogen) atoms. The van der Waals surface area contributed by atoms with Crippen LogP contribution in [0, 0.1) is 0 Å². The van der Waals surface area contributed by atoms with Gasteiger partial charge in [-0.1, -0.05) is 12.1 Å². The van der Waals surface area contributed by atoms with E-state index in [1.807, 2.05) is 12.1 Å². The highest BCUT2D eigenvalue weighted by Crippen LogP contribution is 2.34. The molecular formula is C25H26N4O7. The van der Waals surface area contributed by atoms with Gasteiger partial charge in [-0.25, -0.2) is 4.79 Å². The number of fused-ring (bicyclic) bond motifs is 3. The quantitative estimate of drug-likeness (QED) is 0.618. The maximum atomic E-state index is 13.5. The van der Waals surface area contributed by atoms with Crippen molar-refractivity contribution in [3.8, 4) is 23.0 Å². The van der Waals surface area contributed by atoms with E-state index < -0.39 is 12.1 Å². The highest BCUT2D eigenvalue weighted by molar-refractivity contribution is 6.01. The second kappa shape index (κ2) is 9.23. The van der Waals surface area contributed by atoms with E-state index in [9.17, 15) is 14.4 Å². The second-order valence-electron chi connectivity index (χ2n) is 9.13. The predicted molar refractivity (Wildman–Crippen MR) is 124 cm³/mol. The summed E-state index contributed by atoms with van der Waals surface area (Å²) in [5, 5.41) is 6.12. The van der Waals surface area contributed by atoms with E-state index in [1.165, 1.54) is 9.80 Å². The molecule has 6 rings (SSSR count). The number of carbonyl (C=O) groups is 3. The van der Waals surface area contributed by atoms with Crippen LogP contribution in [0.4, 0.5) is 4.79 Å². The number of benzene rings is 2. The molecule has 2 N–H and O–H groups in total. The van der Waals surface area contributed by atoms with Gasteiger partial charge in [0, 0.05) is 6.54 Å².